The highest BCUT2D eigenvalue weighted by Gasteiger charge is 2.37. The SMILES string of the molecule is CC1CC(C)[C@H](c2nnc(NC=O)s2)C[C@H]1c1nnc(NC=O)s1. The van der Waals surface area contributed by atoms with Gasteiger partial charge in [0.1, 0.15) is 10.0 Å². The molecule has 3 rings (SSSR count). The first-order valence-corrected chi connectivity index (χ1v) is 9.32. The van der Waals surface area contributed by atoms with Gasteiger partial charge in [-0.25, -0.2) is 0 Å². The van der Waals surface area contributed by atoms with Crippen LogP contribution in [0.25, 0.3) is 0 Å². The topological polar surface area (TPSA) is 110 Å². The Morgan fingerprint density at radius 3 is 1.71 bits per heavy atom. The fourth-order valence-electron chi connectivity index (χ4n) is 3.33. The molecule has 128 valence electrons. The van der Waals surface area contributed by atoms with Crippen molar-refractivity contribution in [2.75, 3.05) is 10.6 Å². The van der Waals surface area contributed by atoms with Gasteiger partial charge in [0.25, 0.3) is 0 Å². The molecule has 0 aromatic carbocycles. The molecule has 2 unspecified atom stereocenters. The minimum absolute atomic E-state index is 0.275. The summed E-state index contributed by atoms with van der Waals surface area (Å²) in [5, 5.41) is 24.6. The number of nitrogens with one attached hydrogen (secondary N) is 2. The second-order valence-electron chi connectivity index (χ2n) is 6.05. The predicted octanol–water partition coefficient (Wildman–Crippen LogP) is 2.46. The summed E-state index contributed by atoms with van der Waals surface area (Å²) >= 11 is 2.85. The van der Waals surface area contributed by atoms with Gasteiger partial charge in [0, 0.05) is 11.8 Å². The zero-order chi connectivity index (χ0) is 17.1. The van der Waals surface area contributed by atoms with E-state index >= 15 is 0 Å². The molecule has 0 radical (unpaired) electrons. The molecule has 2 heterocycles. The van der Waals surface area contributed by atoms with E-state index in [1.807, 2.05) is 0 Å². The summed E-state index contributed by atoms with van der Waals surface area (Å²) in [5.74, 6) is 1.51. The maximum atomic E-state index is 10.5. The maximum absolute atomic E-state index is 10.5. The van der Waals surface area contributed by atoms with E-state index < -0.39 is 0 Å². The summed E-state index contributed by atoms with van der Waals surface area (Å²) in [7, 11) is 0. The Hall–Kier alpha value is -1.94. The molecule has 2 aromatic rings. The Bertz CT molecular complexity index is 659. The lowest BCUT2D eigenvalue weighted by Crippen LogP contribution is -2.26. The monoisotopic (exact) mass is 366 g/mol. The Morgan fingerprint density at radius 2 is 1.29 bits per heavy atom. The molecule has 1 aliphatic carbocycles. The van der Waals surface area contributed by atoms with Gasteiger partial charge in [-0.05, 0) is 24.7 Å². The van der Waals surface area contributed by atoms with Gasteiger partial charge in [-0.3, -0.25) is 9.59 Å². The first-order chi connectivity index (χ1) is 11.6. The molecule has 2 aromatic heterocycles. The molecule has 1 fully saturated rings. The molecule has 24 heavy (non-hydrogen) atoms. The molecule has 8 nitrogen and oxygen atoms in total. The van der Waals surface area contributed by atoms with Gasteiger partial charge < -0.3 is 10.6 Å². The van der Waals surface area contributed by atoms with E-state index in [-0.39, 0.29) is 11.8 Å². The average Bonchev–Trinajstić information content (AvgIpc) is 3.18. The molecule has 0 aliphatic heterocycles. The van der Waals surface area contributed by atoms with E-state index in [4.69, 9.17) is 0 Å². The number of carbonyl (C=O) groups is 2. The Kier molecular flexibility index (Phi) is 5.14. The molecule has 0 bridgehead atoms. The predicted molar refractivity (Wildman–Crippen MR) is 92.2 cm³/mol. The van der Waals surface area contributed by atoms with Crippen molar-refractivity contribution in [2.45, 2.75) is 38.5 Å². The first-order valence-electron chi connectivity index (χ1n) is 7.69. The quantitative estimate of drug-likeness (QED) is 0.760. The van der Waals surface area contributed by atoms with Crippen molar-refractivity contribution >= 4 is 45.8 Å². The molecular formula is C14H18N6O2S2. The maximum Gasteiger partial charge on any atom is 0.213 e. The van der Waals surface area contributed by atoms with E-state index in [1.54, 1.807) is 0 Å². The number of anilines is 2. The van der Waals surface area contributed by atoms with Crippen molar-refractivity contribution in [2.24, 2.45) is 11.8 Å². The number of aromatic nitrogens is 4. The van der Waals surface area contributed by atoms with Gasteiger partial charge in [0.15, 0.2) is 0 Å². The van der Waals surface area contributed by atoms with Crippen LogP contribution in [-0.2, 0) is 9.59 Å². The van der Waals surface area contributed by atoms with Gasteiger partial charge in [-0.1, -0.05) is 36.5 Å². The van der Waals surface area contributed by atoms with Crippen LogP contribution in [0, 0.1) is 11.8 Å². The zero-order valence-corrected chi connectivity index (χ0v) is 14.9. The van der Waals surface area contributed by atoms with Gasteiger partial charge in [0.2, 0.25) is 23.1 Å². The number of nitrogens with zero attached hydrogens (tertiary/aromatic N) is 4. The average molecular weight is 366 g/mol. The van der Waals surface area contributed by atoms with Crippen LogP contribution in [0.2, 0.25) is 0 Å². The van der Waals surface area contributed by atoms with Gasteiger partial charge in [-0.2, -0.15) is 0 Å². The normalized spacial score (nSPS) is 26.8. The Labute approximate surface area is 147 Å². The van der Waals surface area contributed by atoms with Crippen LogP contribution in [0.1, 0.15) is 48.5 Å². The van der Waals surface area contributed by atoms with Crippen LogP contribution in [0.4, 0.5) is 10.3 Å². The van der Waals surface area contributed by atoms with Crippen molar-refractivity contribution in [1.82, 2.24) is 20.4 Å². The number of hydrogen-bond acceptors (Lipinski definition) is 8. The van der Waals surface area contributed by atoms with E-state index in [0.29, 0.717) is 34.9 Å². The smallest absolute Gasteiger partial charge is 0.213 e. The first kappa shape index (κ1) is 16.9. The molecule has 0 spiro atoms. The minimum atomic E-state index is 0.275. The van der Waals surface area contributed by atoms with Crippen LogP contribution in [0.5, 0.6) is 0 Å². The lowest BCUT2D eigenvalue weighted by Gasteiger charge is -2.36. The van der Waals surface area contributed by atoms with Crippen molar-refractivity contribution in [3.05, 3.63) is 10.0 Å². The summed E-state index contributed by atoms with van der Waals surface area (Å²) in [6.45, 7) is 4.45. The van der Waals surface area contributed by atoms with Crippen LogP contribution < -0.4 is 10.6 Å². The van der Waals surface area contributed by atoms with Crippen molar-refractivity contribution < 1.29 is 9.59 Å². The van der Waals surface area contributed by atoms with Crippen LogP contribution >= 0.6 is 22.7 Å². The van der Waals surface area contributed by atoms with Crippen molar-refractivity contribution in [1.29, 1.82) is 0 Å². The molecule has 10 heteroatoms. The largest absolute Gasteiger partial charge is 0.303 e. The molecule has 2 N–H and O–H groups in total. The number of hydrogen-bond donors (Lipinski definition) is 2. The van der Waals surface area contributed by atoms with Gasteiger partial charge in [-0.15, -0.1) is 20.4 Å². The van der Waals surface area contributed by atoms with Crippen molar-refractivity contribution in [3.63, 3.8) is 0 Å². The van der Waals surface area contributed by atoms with E-state index in [1.165, 1.54) is 22.7 Å². The van der Waals surface area contributed by atoms with Crippen LogP contribution in [0.3, 0.4) is 0 Å². The zero-order valence-electron chi connectivity index (χ0n) is 13.3. The molecule has 0 saturated heterocycles. The minimum Gasteiger partial charge on any atom is -0.303 e. The fourth-order valence-corrected chi connectivity index (χ4v) is 5.22. The summed E-state index contributed by atoms with van der Waals surface area (Å²) in [5.41, 5.74) is 0. The summed E-state index contributed by atoms with van der Waals surface area (Å²) in [4.78, 5) is 21.1. The highest BCUT2D eigenvalue weighted by molar-refractivity contribution is 7.15. The third kappa shape index (κ3) is 3.44. The van der Waals surface area contributed by atoms with Crippen LogP contribution in [-0.4, -0.2) is 33.2 Å². The molecule has 4 atom stereocenters. The third-order valence-corrected chi connectivity index (χ3v) is 6.48. The van der Waals surface area contributed by atoms with Gasteiger partial charge >= 0.3 is 0 Å². The number of amides is 2. The summed E-state index contributed by atoms with van der Waals surface area (Å²) in [6.07, 6.45) is 3.19. The standard InChI is InChI=1S/C14H18N6O2S2/c1-7-3-8(2)10(12-18-20-14(24-12)16-6-22)4-9(7)11-17-19-13(23-11)15-5-21/h5-10H,3-4H2,1-2H3,(H,15,19,21)(H,16,20,22)/t7?,8?,9-,10-/m1/s1. The highest BCUT2D eigenvalue weighted by Crippen LogP contribution is 2.49. The highest BCUT2D eigenvalue weighted by atomic mass is 32.1. The second-order valence-corrected chi connectivity index (χ2v) is 8.07. The van der Waals surface area contributed by atoms with Crippen molar-refractivity contribution in [3.8, 4) is 0 Å². The molecule has 1 aliphatic rings. The molecule has 2 amide bonds. The lowest BCUT2D eigenvalue weighted by molar-refractivity contribution is -0.106. The van der Waals surface area contributed by atoms with E-state index in [2.05, 4.69) is 44.9 Å². The number of rotatable bonds is 6. The third-order valence-electron chi connectivity index (χ3n) is 4.51. The number of carbonyl (C=O) groups excluding carboxylic acids is 2. The van der Waals surface area contributed by atoms with E-state index in [9.17, 15) is 9.59 Å². The summed E-state index contributed by atoms with van der Waals surface area (Å²) in [6, 6.07) is 0. The Balaban J connectivity index is 1.80. The van der Waals surface area contributed by atoms with Gasteiger partial charge in [0.05, 0.1) is 0 Å². The molecular weight excluding hydrogens is 348 g/mol. The van der Waals surface area contributed by atoms with Crippen LogP contribution in [0.15, 0.2) is 0 Å². The summed E-state index contributed by atoms with van der Waals surface area (Å²) < 4.78 is 0. The fraction of sp³-hybridized carbons (Fsp3) is 0.571. The Morgan fingerprint density at radius 1 is 0.833 bits per heavy atom. The lowest BCUT2D eigenvalue weighted by atomic mass is 9.70. The second kappa shape index (κ2) is 7.31. The molecule has 1 saturated carbocycles. The van der Waals surface area contributed by atoms with E-state index in [0.717, 1.165) is 22.9 Å².